The predicted molar refractivity (Wildman–Crippen MR) is 101 cm³/mol. The highest BCUT2D eigenvalue weighted by molar-refractivity contribution is 7.98. The van der Waals surface area contributed by atoms with Crippen molar-refractivity contribution in [2.45, 2.75) is 11.4 Å². The summed E-state index contributed by atoms with van der Waals surface area (Å²) in [6, 6.07) is 16.1. The van der Waals surface area contributed by atoms with Gasteiger partial charge in [-0.1, -0.05) is 41.9 Å². The maximum Gasteiger partial charge on any atom is 0.255 e. The molecule has 1 aliphatic rings. The van der Waals surface area contributed by atoms with Gasteiger partial charge in [0.05, 0.1) is 10.6 Å². The van der Waals surface area contributed by atoms with E-state index in [1.165, 1.54) is 5.56 Å². The maximum absolute atomic E-state index is 12.8. The Morgan fingerprint density at radius 3 is 2.46 bits per heavy atom. The van der Waals surface area contributed by atoms with Crippen LogP contribution in [-0.2, 0) is 6.54 Å². The average molecular weight is 361 g/mol. The van der Waals surface area contributed by atoms with Crippen molar-refractivity contribution in [3.8, 4) is 0 Å². The molecule has 2 aromatic carbocycles. The van der Waals surface area contributed by atoms with Crippen molar-refractivity contribution in [3.05, 3.63) is 64.7 Å². The first-order chi connectivity index (χ1) is 11.7. The summed E-state index contributed by atoms with van der Waals surface area (Å²) in [5.74, 6) is 0.0373. The summed E-state index contributed by atoms with van der Waals surface area (Å²) in [4.78, 5) is 18.1. The summed E-state index contributed by atoms with van der Waals surface area (Å²) in [6.45, 7) is 4.20. The lowest BCUT2D eigenvalue weighted by molar-refractivity contribution is 0.0628. The number of piperazine rings is 1. The van der Waals surface area contributed by atoms with Gasteiger partial charge in [-0.05, 0) is 30.0 Å². The summed E-state index contributed by atoms with van der Waals surface area (Å²) in [5, 5.41) is 0.532. The van der Waals surface area contributed by atoms with Crippen molar-refractivity contribution >= 4 is 29.3 Å². The Hall–Kier alpha value is -1.49. The lowest BCUT2D eigenvalue weighted by Gasteiger charge is -2.35. The molecule has 24 heavy (non-hydrogen) atoms. The van der Waals surface area contributed by atoms with Crippen LogP contribution in [-0.4, -0.2) is 48.1 Å². The Labute approximate surface area is 152 Å². The zero-order chi connectivity index (χ0) is 16.9. The molecule has 0 bridgehead atoms. The van der Waals surface area contributed by atoms with Crippen LogP contribution in [0.2, 0.25) is 5.02 Å². The summed E-state index contributed by atoms with van der Waals surface area (Å²) < 4.78 is 0. The molecule has 126 valence electrons. The highest BCUT2D eigenvalue weighted by atomic mass is 35.5. The van der Waals surface area contributed by atoms with Crippen LogP contribution in [0.1, 0.15) is 15.9 Å². The van der Waals surface area contributed by atoms with Crippen LogP contribution in [0.4, 0.5) is 0 Å². The third-order valence-electron chi connectivity index (χ3n) is 4.31. The van der Waals surface area contributed by atoms with Crippen molar-refractivity contribution in [2.24, 2.45) is 0 Å². The van der Waals surface area contributed by atoms with Crippen molar-refractivity contribution in [3.63, 3.8) is 0 Å². The molecule has 1 heterocycles. The third kappa shape index (κ3) is 4.12. The third-order valence-corrected chi connectivity index (χ3v) is 5.37. The van der Waals surface area contributed by atoms with Gasteiger partial charge in [0.1, 0.15) is 0 Å². The quantitative estimate of drug-likeness (QED) is 0.769. The fourth-order valence-electron chi connectivity index (χ4n) is 2.92. The maximum atomic E-state index is 12.8. The molecule has 3 rings (SSSR count). The van der Waals surface area contributed by atoms with E-state index >= 15 is 0 Å². The van der Waals surface area contributed by atoms with Crippen LogP contribution in [0, 0.1) is 0 Å². The second kappa shape index (κ2) is 8.06. The van der Waals surface area contributed by atoms with Crippen LogP contribution < -0.4 is 0 Å². The molecule has 1 amide bonds. The van der Waals surface area contributed by atoms with E-state index in [0.29, 0.717) is 10.6 Å². The second-order valence-corrected chi connectivity index (χ2v) is 7.19. The van der Waals surface area contributed by atoms with E-state index in [0.717, 1.165) is 37.6 Å². The molecule has 5 heteroatoms. The zero-order valence-corrected chi connectivity index (χ0v) is 15.3. The smallest absolute Gasteiger partial charge is 0.255 e. The van der Waals surface area contributed by atoms with Gasteiger partial charge in [-0.15, -0.1) is 11.8 Å². The highest BCUT2D eigenvalue weighted by Crippen LogP contribution is 2.24. The van der Waals surface area contributed by atoms with E-state index in [1.807, 2.05) is 35.4 Å². The molecule has 3 nitrogen and oxygen atoms in total. The minimum Gasteiger partial charge on any atom is -0.336 e. The molecule has 1 fully saturated rings. The highest BCUT2D eigenvalue weighted by Gasteiger charge is 2.23. The predicted octanol–water partition coefficient (Wildman–Crippen LogP) is 4.02. The second-order valence-electron chi connectivity index (χ2n) is 5.90. The van der Waals surface area contributed by atoms with Crippen molar-refractivity contribution in [2.75, 3.05) is 32.4 Å². The lowest BCUT2D eigenvalue weighted by atomic mass is 10.1. The van der Waals surface area contributed by atoms with Gasteiger partial charge in [0.2, 0.25) is 0 Å². The number of amides is 1. The van der Waals surface area contributed by atoms with E-state index in [9.17, 15) is 4.79 Å². The first-order valence-electron chi connectivity index (χ1n) is 8.06. The van der Waals surface area contributed by atoms with Gasteiger partial charge in [0.25, 0.3) is 5.91 Å². The van der Waals surface area contributed by atoms with Gasteiger partial charge in [0, 0.05) is 37.6 Å². The van der Waals surface area contributed by atoms with Gasteiger partial charge in [-0.2, -0.15) is 0 Å². The van der Waals surface area contributed by atoms with Crippen LogP contribution in [0.25, 0.3) is 0 Å². The number of benzene rings is 2. The van der Waals surface area contributed by atoms with Gasteiger partial charge >= 0.3 is 0 Å². The SMILES string of the molecule is CSc1ccc(Cl)c(C(=O)N2CCN(Cc3ccccc3)CC2)c1. The topological polar surface area (TPSA) is 23.6 Å². The molecule has 0 aliphatic carbocycles. The number of halogens is 1. The minimum absolute atomic E-state index is 0.0373. The van der Waals surface area contributed by atoms with Crippen molar-refractivity contribution in [1.82, 2.24) is 9.80 Å². The standard InChI is InChI=1S/C19H21ClN2OS/c1-24-16-7-8-18(20)17(13-16)19(23)22-11-9-21(10-12-22)14-15-5-3-2-4-6-15/h2-8,13H,9-12,14H2,1H3. The van der Waals surface area contributed by atoms with Crippen LogP contribution in [0.3, 0.4) is 0 Å². The van der Waals surface area contributed by atoms with Crippen LogP contribution >= 0.6 is 23.4 Å². The van der Waals surface area contributed by atoms with E-state index in [1.54, 1.807) is 11.8 Å². The van der Waals surface area contributed by atoms with Crippen LogP contribution in [0.5, 0.6) is 0 Å². The number of thioether (sulfide) groups is 1. The first-order valence-corrected chi connectivity index (χ1v) is 9.67. The van der Waals surface area contributed by atoms with E-state index < -0.39 is 0 Å². The Morgan fingerprint density at radius 2 is 1.79 bits per heavy atom. The molecule has 0 N–H and O–H groups in total. The molecular weight excluding hydrogens is 340 g/mol. The molecule has 0 spiro atoms. The molecule has 0 unspecified atom stereocenters. The molecule has 1 aliphatic heterocycles. The fraction of sp³-hybridized carbons (Fsp3) is 0.316. The van der Waals surface area contributed by atoms with Crippen molar-refractivity contribution in [1.29, 1.82) is 0 Å². The Kier molecular flexibility index (Phi) is 5.82. The molecule has 0 aromatic heterocycles. The summed E-state index contributed by atoms with van der Waals surface area (Å²) >= 11 is 7.86. The number of carbonyl (C=O) groups excluding carboxylic acids is 1. The number of rotatable bonds is 4. The number of nitrogens with zero attached hydrogens (tertiary/aromatic N) is 2. The van der Waals surface area contributed by atoms with E-state index in [2.05, 4.69) is 29.2 Å². The van der Waals surface area contributed by atoms with Gasteiger partial charge < -0.3 is 4.90 Å². The van der Waals surface area contributed by atoms with E-state index in [4.69, 9.17) is 11.6 Å². The Bertz CT molecular complexity index is 700. The summed E-state index contributed by atoms with van der Waals surface area (Å²) in [6.07, 6.45) is 2.00. The monoisotopic (exact) mass is 360 g/mol. The lowest BCUT2D eigenvalue weighted by Crippen LogP contribution is -2.48. The number of hydrogen-bond acceptors (Lipinski definition) is 3. The molecule has 0 saturated carbocycles. The normalized spacial score (nSPS) is 15.5. The number of hydrogen-bond donors (Lipinski definition) is 0. The largest absolute Gasteiger partial charge is 0.336 e. The molecule has 0 atom stereocenters. The number of carbonyl (C=O) groups is 1. The van der Waals surface area contributed by atoms with Gasteiger partial charge in [-0.25, -0.2) is 0 Å². The Morgan fingerprint density at radius 1 is 1.08 bits per heavy atom. The minimum atomic E-state index is 0.0373. The first kappa shape index (κ1) is 17.3. The average Bonchev–Trinajstić information content (AvgIpc) is 2.63. The van der Waals surface area contributed by atoms with Crippen molar-refractivity contribution < 1.29 is 4.79 Å². The Balaban J connectivity index is 1.61. The molecule has 0 radical (unpaired) electrons. The zero-order valence-electron chi connectivity index (χ0n) is 13.7. The molecule has 2 aromatic rings. The molecule has 1 saturated heterocycles. The summed E-state index contributed by atoms with van der Waals surface area (Å²) in [7, 11) is 0. The van der Waals surface area contributed by atoms with Gasteiger partial charge in [0.15, 0.2) is 0 Å². The fourth-order valence-corrected chi connectivity index (χ4v) is 3.55. The summed E-state index contributed by atoms with van der Waals surface area (Å²) in [5.41, 5.74) is 1.92. The van der Waals surface area contributed by atoms with E-state index in [-0.39, 0.29) is 5.91 Å². The van der Waals surface area contributed by atoms with Gasteiger partial charge in [-0.3, -0.25) is 9.69 Å². The molecular formula is C19H21ClN2OS. The van der Waals surface area contributed by atoms with Crippen LogP contribution in [0.15, 0.2) is 53.4 Å².